The van der Waals surface area contributed by atoms with E-state index in [-0.39, 0.29) is 0 Å². The van der Waals surface area contributed by atoms with E-state index in [4.69, 9.17) is 4.98 Å². The van der Waals surface area contributed by atoms with Gasteiger partial charge in [0.15, 0.2) is 0 Å². The van der Waals surface area contributed by atoms with Gasteiger partial charge < -0.3 is 10.2 Å². The van der Waals surface area contributed by atoms with Crippen LogP contribution in [0.2, 0.25) is 0 Å². The summed E-state index contributed by atoms with van der Waals surface area (Å²) in [4.78, 5) is 24.7. The Morgan fingerprint density at radius 3 is 2.63 bits per heavy atom. The largest absolute Gasteiger partial charge is 0.367 e. The molecule has 1 N–H and O–H groups in total. The summed E-state index contributed by atoms with van der Waals surface area (Å²) in [5.74, 6) is 1.30. The fraction of sp³-hybridized carbons (Fsp3) is 0.750. The minimum absolute atomic E-state index is 0.295. The lowest BCUT2D eigenvalue weighted by atomic mass is 9.91. The number of piperazine rings is 1. The molecule has 3 heterocycles. The van der Waals surface area contributed by atoms with Crippen molar-refractivity contribution in [1.29, 1.82) is 0 Å². The molecule has 1 aliphatic carbocycles. The molecule has 0 radical (unpaired) electrons. The van der Waals surface area contributed by atoms with E-state index >= 15 is 0 Å². The van der Waals surface area contributed by atoms with Gasteiger partial charge in [-0.1, -0.05) is 32.8 Å². The molecule has 1 saturated heterocycles. The van der Waals surface area contributed by atoms with E-state index in [1.54, 1.807) is 0 Å². The standard InChI is InChI=1S/C24H39N5O/c1-3-6-20(4-2)25-23-10-9-19-17-27(12-11-22(19)26-23)18-24(30)29-15-13-28(14-16-29)21-7-5-8-21/h9-10,20-21H,3-8,11-18H2,1-2H3,(H,25,26). The number of nitrogens with zero attached hydrogens (tertiary/aromatic N) is 4. The molecule has 6 nitrogen and oxygen atoms in total. The van der Waals surface area contributed by atoms with Crippen molar-refractivity contribution in [2.75, 3.05) is 44.6 Å². The van der Waals surface area contributed by atoms with Crippen molar-refractivity contribution in [3.8, 4) is 0 Å². The third-order valence-corrected chi connectivity index (χ3v) is 7.23. The van der Waals surface area contributed by atoms with Crippen LogP contribution in [0.15, 0.2) is 12.1 Å². The number of fused-ring (bicyclic) bond motifs is 1. The van der Waals surface area contributed by atoms with E-state index in [1.807, 2.05) is 0 Å². The van der Waals surface area contributed by atoms with Crippen molar-refractivity contribution >= 4 is 11.7 Å². The summed E-state index contributed by atoms with van der Waals surface area (Å²) in [5, 5.41) is 3.60. The number of nitrogens with one attached hydrogen (secondary N) is 1. The van der Waals surface area contributed by atoms with Crippen LogP contribution in [-0.2, 0) is 17.8 Å². The number of hydrogen-bond donors (Lipinski definition) is 1. The SMILES string of the molecule is CCCC(CC)Nc1ccc2c(n1)CCN(CC(=O)N1CCN(C3CCC3)CC1)C2. The molecule has 1 amide bonds. The number of carbonyl (C=O) groups excluding carboxylic acids is 1. The van der Waals surface area contributed by atoms with E-state index in [0.29, 0.717) is 18.5 Å². The van der Waals surface area contributed by atoms with Crippen LogP contribution in [-0.4, -0.2) is 76.9 Å². The fourth-order valence-corrected chi connectivity index (χ4v) is 5.01. The summed E-state index contributed by atoms with van der Waals surface area (Å²) < 4.78 is 0. The third-order valence-electron chi connectivity index (χ3n) is 7.23. The van der Waals surface area contributed by atoms with Gasteiger partial charge >= 0.3 is 0 Å². The molecule has 3 aliphatic rings. The molecule has 4 rings (SSSR count). The normalized spacial score (nSPS) is 21.7. The number of rotatable bonds is 8. The Labute approximate surface area is 182 Å². The Bertz CT molecular complexity index is 712. The lowest BCUT2D eigenvalue weighted by Gasteiger charge is -2.43. The van der Waals surface area contributed by atoms with Gasteiger partial charge in [-0.25, -0.2) is 4.98 Å². The highest BCUT2D eigenvalue weighted by molar-refractivity contribution is 5.78. The number of hydrogen-bond acceptors (Lipinski definition) is 5. The molecule has 1 aromatic rings. The zero-order valence-electron chi connectivity index (χ0n) is 18.9. The average molecular weight is 414 g/mol. The molecule has 1 saturated carbocycles. The van der Waals surface area contributed by atoms with Crippen molar-refractivity contribution in [3.05, 3.63) is 23.4 Å². The highest BCUT2D eigenvalue weighted by Gasteiger charge is 2.30. The summed E-state index contributed by atoms with van der Waals surface area (Å²) in [6.45, 7) is 10.6. The minimum Gasteiger partial charge on any atom is -0.367 e. The lowest BCUT2D eigenvalue weighted by Crippen LogP contribution is -2.55. The van der Waals surface area contributed by atoms with Gasteiger partial charge in [-0.3, -0.25) is 14.6 Å². The predicted molar refractivity (Wildman–Crippen MR) is 122 cm³/mol. The zero-order valence-corrected chi connectivity index (χ0v) is 18.9. The molecule has 6 heteroatoms. The van der Waals surface area contributed by atoms with Gasteiger partial charge in [0.2, 0.25) is 5.91 Å². The highest BCUT2D eigenvalue weighted by Crippen LogP contribution is 2.26. The van der Waals surface area contributed by atoms with E-state index in [0.717, 1.165) is 64.0 Å². The van der Waals surface area contributed by atoms with Crippen LogP contribution in [0.1, 0.15) is 63.6 Å². The van der Waals surface area contributed by atoms with Crippen LogP contribution in [0.25, 0.3) is 0 Å². The Kier molecular flexibility index (Phi) is 7.26. The molecule has 1 atom stereocenters. The van der Waals surface area contributed by atoms with E-state index in [1.165, 1.54) is 43.4 Å². The van der Waals surface area contributed by atoms with E-state index in [2.05, 4.69) is 46.0 Å². The fourth-order valence-electron chi connectivity index (χ4n) is 5.01. The Hall–Kier alpha value is -1.66. The first-order valence-electron chi connectivity index (χ1n) is 12.2. The number of amides is 1. The van der Waals surface area contributed by atoms with Crippen LogP contribution < -0.4 is 5.32 Å². The quantitative estimate of drug-likeness (QED) is 0.710. The molecule has 0 aromatic carbocycles. The van der Waals surface area contributed by atoms with Crippen LogP contribution in [0.4, 0.5) is 5.82 Å². The van der Waals surface area contributed by atoms with Crippen molar-refractivity contribution in [2.45, 2.75) is 77.4 Å². The molecule has 1 unspecified atom stereocenters. The number of aromatic nitrogens is 1. The second-order valence-corrected chi connectivity index (χ2v) is 9.30. The summed E-state index contributed by atoms with van der Waals surface area (Å²) in [6, 6.07) is 5.62. The molecular weight excluding hydrogens is 374 g/mol. The van der Waals surface area contributed by atoms with Gasteiger partial charge in [0.1, 0.15) is 5.82 Å². The zero-order chi connectivity index (χ0) is 20.9. The summed E-state index contributed by atoms with van der Waals surface area (Å²) in [5.41, 5.74) is 2.47. The molecule has 2 aliphatic heterocycles. The third kappa shape index (κ3) is 5.14. The smallest absolute Gasteiger partial charge is 0.236 e. The number of anilines is 1. The van der Waals surface area contributed by atoms with Crippen molar-refractivity contribution in [2.24, 2.45) is 0 Å². The van der Waals surface area contributed by atoms with Crippen LogP contribution >= 0.6 is 0 Å². The maximum absolute atomic E-state index is 12.8. The Morgan fingerprint density at radius 2 is 1.97 bits per heavy atom. The first-order valence-corrected chi connectivity index (χ1v) is 12.2. The van der Waals surface area contributed by atoms with Crippen LogP contribution in [0.5, 0.6) is 0 Å². The van der Waals surface area contributed by atoms with Crippen molar-refractivity contribution in [1.82, 2.24) is 19.7 Å². The number of pyridine rings is 1. The van der Waals surface area contributed by atoms with Crippen LogP contribution in [0.3, 0.4) is 0 Å². The summed E-state index contributed by atoms with van der Waals surface area (Å²) in [7, 11) is 0. The first-order chi connectivity index (χ1) is 14.7. The first kappa shape index (κ1) is 21.6. The summed E-state index contributed by atoms with van der Waals surface area (Å²) in [6.07, 6.45) is 8.50. The van der Waals surface area contributed by atoms with E-state index < -0.39 is 0 Å². The topological polar surface area (TPSA) is 51.7 Å². The van der Waals surface area contributed by atoms with E-state index in [9.17, 15) is 4.79 Å². The maximum atomic E-state index is 12.8. The second-order valence-electron chi connectivity index (χ2n) is 9.30. The van der Waals surface area contributed by atoms with Gasteiger partial charge in [-0.05, 0) is 37.3 Å². The van der Waals surface area contributed by atoms with Gasteiger partial charge in [0.05, 0.1) is 6.54 Å². The second kappa shape index (κ2) is 10.1. The molecule has 1 aromatic heterocycles. The van der Waals surface area contributed by atoms with Gasteiger partial charge in [-0.2, -0.15) is 0 Å². The Balaban J connectivity index is 1.26. The monoisotopic (exact) mass is 413 g/mol. The molecule has 0 bridgehead atoms. The molecule has 166 valence electrons. The molecular formula is C24H39N5O. The molecule has 2 fully saturated rings. The summed E-state index contributed by atoms with van der Waals surface area (Å²) >= 11 is 0. The number of carbonyl (C=O) groups is 1. The van der Waals surface area contributed by atoms with Gasteiger partial charge in [0, 0.05) is 63.5 Å². The van der Waals surface area contributed by atoms with Gasteiger partial charge in [-0.15, -0.1) is 0 Å². The van der Waals surface area contributed by atoms with Gasteiger partial charge in [0.25, 0.3) is 0 Å². The minimum atomic E-state index is 0.295. The van der Waals surface area contributed by atoms with Crippen molar-refractivity contribution < 1.29 is 4.79 Å². The van der Waals surface area contributed by atoms with Crippen LogP contribution in [0, 0.1) is 0 Å². The highest BCUT2D eigenvalue weighted by atomic mass is 16.2. The predicted octanol–water partition coefficient (Wildman–Crippen LogP) is 3.13. The average Bonchev–Trinajstić information content (AvgIpc) is 2.72. The molecule has 30 heavy (non-hydrogen) atoms. The lowest BCUT2D eigenvalue weighted by molar-refractivity contribution is -0.135. The van der Waals surface area contributed by atoms with Crippen molar-refractivity contribution in [3.63, 3.8) is 0 Å². The maximum Gasteiger partial charge on any atom is 0.236 e. The Morgan fingerprint density at radius 1 is 1.17 bits per heavy atom. The molecule has 0 spiro atoms.